The van der Waals surface area contributed by atoms with Gasteiger partial charge in [-0.1, -0.05) is 18.2 Å². The molecule has 0 fully saturated rings. The van der Waals surface area contributed by atoms with Crippen LogP contribution in [0.4, 0.5) is 0 Å². The first kappa shape index (κ1) is 14.6. The molecule has 3 heterocycles. The minimum absolute atomic E-state index is 0.384. The third-order valence-electron chi connectivity index (χ3n) is 3.71. The molecule has 0 amide bonds. The highest BCUT2D eigenvalue weighted by atomic mass is 16.5. The van der Waals surface area contributed by atoms with E-state index in [2.05, 4.69) is 15.1 Å². The van der Waals surface area contributed by atoms with Crippen LogP contribution in [0.15, 0.2) is 58.4 Å². The predicted octanol–water partition coefficient (Wildman–Crippen LogP) is 3.60. The average Bonchev–Trinajstić information content (AvgIpc) is 3.25. The highest BCUT2D eigenvalue weighted by Crippen LogP contribution is 2.25. The number of aromatic nitrogens is 3. The van der Waals surface area contributed by atoms with E-state index in [1.54, 1.807) is 23.4 Å². The van der Waals surface area contributed by atoms with Crippen molar-refractivity contribution >= 4 is 28.2 Å². The molecule has 0 saturated heterocycles. The van der Waals surface area contributed by atoms with E-state index in [9.17, 15) is 0 Å². The number of ether oxygens (including phenoxy) is 1. The predicted molar refractivity (Wildman–Crippen MR) is 92.1 cm³/mol. The fourth-order valence-electron chi connectivity index (χ4n) is 2.63. The van der Waals surface area contributed by atoms with E-state index in [0.717, 1.165) is 27.8 Å². The van der Waals surface area contributed by atoms with Crippen LogP contribution in [0.2, 0.25) is 0 Å². The molecule has 120 valence electrons. The first-order valence-electron chi connectivity index (χ1n) is 7.77. The lowest BCUT2D eigenvalue weighted by Gasteiger charge is -2.04. The number of pyridine rings is 1. The average molecular weight is 320 g/mol. The highest BCUT2D eigenvalue weighted by Gasteiger charge is 2.14. The van der Waals surface area contributed by atoms with E-state index in [1.165, 1.54) is 0 Å². The Morgan fingerprint density at radius 1 is 1.21 bits per heavy atom. The van der Waals surface area contributed by atoms with Crippen molar-refractivity contribution in [2.45, 2.75) is 13.5 Å². The fourth-order valence-corrected chi connectivity index (χ4v) is 2.63. The number of para-hydroxylation sites is 1. The van der Waals surface area contributed by atoms with E-state index in [-0.39, 0.29) is 0 Å². The van der Waals surface area contributed by atoms with Gasteiger partial charge in [-0.05, 0) is 25.1 Å². The van der Waals surface area contributed by atoms with E-state index in [1.807, 2.05) is 43.3 Å². The molecule has 1 aromatic carbocycles. The maximum Gasteiger partial charge on any atom is 0.157 e. The molecule has 24 heavy (non-hydrogen) atoms. The van der Waals surface area contributed by atoms with Gasteiger partial charge in [0.15, 0.2) is 5.82 Å². The van der Waals surface area contributed by atoms with Crippen LogP contribution in [0.5, 0.6) is 0 Å². The van der Waals surface area contributed by atoms with Gasteiger partial charge in [-0.2, -0.15) is 5.10 Å². The van der Waals surface area contributed by atoms with Crippen LogP contribution < -0.4 is 0 Å². The number of benzene rings is 1. The molecule has 0 aliphatic heterocycles. The largest absolute Gasteiger partial charge is 0.463 e. The molecule has 4 aromatic rings. The van der Waals surface area contributed by atoms with Crippen LogP contribution in [0, 0.1) is 0 Å². The summed E-state index contributed by atoms with van der Waals surface area (Å²) in [5.74, 6) is 1.41. The standard InChI is InChI=1S/C18H16N4O2/c1-2-23-12-17-21-16-11-19-15-8-4-3-7-14(15)18(16)22(17)20-10-13-6-5-9-24-13/h3-11H,2,12H2,1H3/b20-10+. The Bertz CT molecular complexity index is 1000. The van der Waals surface area contributed by atoms with Crippen molar-refractivity contribution in [2.24, 2.45) is 5.10 Å². The number of hydrogen-bond acceptors (Lipinski definition) is 5. The molecule has 4 rings (SSSR count). The summed E-state index contributed by atoms with van der Waals surface area (Å²) in [4.78, 5) is 9.10. The number of rotatable bonds is 5. The summed E-state index contributed by atoms with van der Waals surface area (Å²) in [5.41, 5.74) is 2.61. The molecule has 0 atom stereocenters. The van der Waals surface area contributed by atoms with Crippen molar-refractivity contribution in [2.75, 3.05) is 6.61 Å². The van der Waals surface area contributed by atoms with Gasteiger partial charge in [0.1, 0.15) is 23.4 Å². The van der Waals surface area contributed by atoms with Gasteiger partial charge in [-0.3, -0.25) is 4.98 Å². The van der Waals surface area contributed by atoms with Gasteiger partial charge >= 0.3 is 0 Å². The third-order valence-corrected chi connectivity index (χ3v) is 3.71. The normalized spacial score (nSPS) is 11.9. The monoisotopic (exact) mass is 320 g/mol. The zero-order valence-corrected chi connectivity index (χ0v) is 13.2. The molecule has 0 spiro atoms. The second-order valence-electron chi connectivity index (χ2n) is 5.25. The van der Waals surface area contributed by atoms with Crippen LogP contribution in [0.1, 0.15) is 18.5 Å². The number of hydrogen-bond donors (Lipinski definition) is 0. The number of imidazole rings is 1. The highest BCUT2D eigenvalue weighted by molar-refractivity contribution is 6.02. The van der Waals surface area contributed by atoms with Gasteiger partial charge in [0.25, 0.3) is 0 Å². The van der Waals surface area contributed by atoms with Crippen molar-refractivity contribution < 1.29 is 9.15 Å². The molecule has 6 heteroatoms. The molecule has 0 aliphatic carbocycles. The lowest BCUT2D eigenvalue weighted by atomic mass is 10.2. The van der Waals surface area contributed by atoms with Gasteiger partial charge in [0.05, 0.1) is 24.2 Å². The van der Waals surface area contributed by atoms with Crippen molar-refractivity contribution in [3.63, 3.8) is 0 Å². The summed E-state index contributed by atoms with van der Waals surface area (Å²) in [6.07, 6.45) is 5.06. The summed E-state index contributed by atoms with van der Waals surface area (Å²) >= 11 is 0. The summed E-state index contributed by atoms with van der Waals surface area (Å²) in [6.45, 7) is 2.95. The Balaban J connectivity index is 1.93. The Kier molecular flexibility index (Phi) is 3.80. The Hall–Kier alpha value is -2.99. The van der Waals surface area contributed by atoms with E-state index >= 15 is 0 Å². The SMILES string of the molecule is CCOCc1nc2cnc3ccccc3c2n1/N=C/c1ccco1. The summed E-state index contributed by atoms with van der Waals surface area (Å²) in [6, 6.07) is 11.6. The molecule has 0 radical (unpaired) electrons. The van der Waals surface area contributed by atoms with Crippen LogP contribution in [-0.4, -0.2) is 27.5 Å². The smallest absolute Gasteiger partial charge is 0.157 e. The van der Waals surface area contributed by atoms with Crippen molar-refractivity contribution in [1.82, 2.24) is 14.6 Å². The zero-order chi connectivity index (χ0) is 16.4. The number of furan rings is 1. The topological polar surface area (TPSA) is 65.4 Å². The maximum absolute atomic E-state index is 5.54. The van der Waals surface area contributed by atoms with Crippen LogP contribution in [0.25, 0.3) is 21.9 Å². The second kappa shape index (κ2) is 6.25. The zero-order valence-electron chi connectivity index (χ0n) is 13.2. The number of nitrogens with zero attached hydrogens (tertiary/aromatic N) is 4. The summed E-state index contributed by atoms with van der Waals surface area (Å²) < 4.78 is 12.7. The van der Waals surface area contributed by atoms with Gasteiger partial charge in [-0.25, -0.2) is 9.66 Å². The molecule has 3 aromatic heterocycles. The molecule has 0 aliphatic rings. The summed E-state index contributed by atoms with van der Waals surface area (Å²) in [7, 11) is 0. The number of fused-ring (bicyclic) bond motifs is 3. The minimum atomic E-state index is 0.384. The van der Waals surface area contributed by atoms with Gasteiger partial charge in [0, 0.05) is 12.0 Å². The lowest BCUT2D eigenvalue weighted by Crippen LogP contribution is -2.02. The first-order chi connectivity index (χ1) is 11.9. The lowest BCUT2D eigenvalue weighted by molar-refractivity contribution is 0.126. The van der Waals surface area contributed by atoms with Gasteiger partial charge in [-0.15, -0.1) is 0 Å². The Morgan fingerprint density at radius 3 is 2.96 bits per heavy atom. The first-order valence-corrected chi connectivity index (χ1v) is 7.77. The van der Waals surface area contributed by atoms with E-state index in [0.29, 0.717) is 19.0 Å². The molecule has 0 N–H and O–H groups in total. The van der Waals surface area contributed by atoms with Crippen molar-refractivity contribution in [1.29, 1.82) is 0 Å². The van der Waals surface area contributed by atoms with Crippen LogP contribution in [-0.2, 0) is 11.3 Å². The molecular weight excluding hydrogens is 304 g/mol. The molecule has 0 bridgehead atoms. The van der Waals surface area contributed by atoms with Crippen LogP contribution in [0.3, 0.4) is 0 Å². The minimum Gasteiger partial charge on any atom is -0.463 e. The molecule has 0 saturated carbocycles. The van der Waals surface area contributed by atoms with E-state index < -0.39 is 0 Å². The Labute approximate surface area is 138 Å². The Morgan fingerprint density at radius 2 is 2.12 bits per heavy atom. The fraction of sp³-hybridized carbons (Fsp3) is 0.167. The van der Waals surface area contributed by atoms with E-state index in [4.69, 9.17) is 9.15 Å². The molecular formula is C18H16N4O2. The van der Waals surface area contributed by atoms with Crippen molar-refractivity contribution in [3.8, 4) is 0 Å². The van der Waals surface area contributed by atoms with Gasteiger partial charge < -0.3 is 9.15 Å². The quantitative estimate of drug-likeness (QED) is 0.527. The molecule has 6 nitrogen and oxygen atoms in total. The van der Waals surface area contributed by atoms with Crippen LogP contribution >= 0.6 is 0 Å². The summed E-state index contributed by atoms with van der Waals surface area (Å²) in [5, 5.41) is 5.57. The molecule has 0 unspecified atom stereocenters. The second-order valence-corrected chi connectivity index (χ2v) is 5.25. The van der Waals surface area contributed by atoms with Gasteiger partial charge in [0.2, 0.25) is 0 Å². The maximum atomic E-state index is 5.54. The van der Waals surface area contributed by atoms with Crippen molar-refractivity contribution in [3.05, 3.63) is 60.4 Å². The third kappa shape index (κ3) is 2.57.